The first kappa shape index (κ1) is 15.9. The molecule has 1 N–H and O–H groups in total. The highest BCUT2D eigenvalue weighted by molar-refractivity contribution is 7.19. The molecule has 0 fully saturated rings. The van der Waals surface area contributed by atoms with Gasteiger partial charge in [-0.3, -0.25) is 10.1 Å². The van der Waals surface area contributed by atoms with Crippen molar-refractivity contribution in [2.45, 2.75) is 0 Å². The van der Waals surface area contributed by atoms with E-state index in [1.54, 1.807) is 55.0 Å². The predicted octanol–water partition coefficient (Wildman–Crippen LogP) is 4.79. The molecule has 4 aromatic rings. The zero-order chi connectivity index (χ0) is 17.9. The Kier molecular flexibility index (Phi) is 4.09. The minimum Gasteiger partial charge on any atom is -0.463 e. The molecule has 126 valence electrons. The molecule has 0 spiro atoms. The molecule has 0 atom stereocenters. The van der Waals surface area contributed by atoms with E-state index in [0.717, 1.165) is 4.88 Å². The van der Waals surface area contributed by atoms with Gasteiger partial charge in [-0.05, 0) is 48.5 Å². The van der Waals surface area contributed by atoms with Crippen molar-refractivity contribution in [1.82, 2.24) is 4.98 Å². The molecule has 1 amide bonds. The fourth-order valence-electron chi connectivity index (χ4n) is 2.39. The molecule has 0 aliphatic heterocycles. The van der Waals surface area contributed by atoms with Gasteiger partial charge in [-0.15, -0.1) is 0 Å². The van der Waals surface area contributed by atoms with Crippen LogP contribution < -0.4 is 5.32 Å². The van der Waals surface area contributed by atoms with E-state index < -0.39 is 0 Å². The second kappa shape index (κ2) is 6.70. The Balaban J connectivity index is 1.66. The van der Waals surface area contributed by atoms with E-state index >= 15 is 0 Å². The summed E-state index contributed by atoms with van der Waals surface area (Å²) in [5, 5.41) is 12.1. The Morgan fingerprint density at radius 2 is 1.73 bits per heavy atom. The molecule has 0 radical (unpaired) electrons. The van der Waals surface area contributed by atoms with Gasteiger partial charge in [-0.25, -0.2) is 4.98 Å². The summed E-state index contributed by atoms with van der Waals surface area (Å²) < 4.78 is 10.9. The fraction of sp³-hybridized carbons (Fsp3) is 0. The lowest BCUT2D eigenvalue weighted by molar-refractivity contribution is 0.102. The Labute approximate surface area is 152 Å². The van der Waals surface area contributed by atoms with Crippen molar-refractivity contribution in [3.05, 3.63) is 72.2 Å². The number of carbonyl (C=O) groups is 1. The van der Waals surface area contributed by atoms with Gasteiger partial charge in [-0.2, -0.15) is 5.26 Å². The zero-order valence-electron chi connectivity index (χ0n) is 13.3. The number of hydrogen-bond donors (Lipinski definition) is 1. The quantitative estimate of drug-likeness (QED) is 0.564. The number of aromatic nitrogens is 1. The van der Waals surface area contributed by atoms with E-state index in [1.165, 1.54) is 11.3 Å². The minimum atomic E-state index is -0.305. The number of rotatable bonds is 4. The average molecular weight is 361 g/mol. The standard InChI is InChI=1S/C19H11N3O3S/c20-11-12-5-7-13(8-6-12)18(23)22-19-21-16(14-3-1-9-24-14)17(26-19)15-4-2-10-25-15/h1-10H,(H,21,22,23). The van der Waals surface area contributed by atoms with Crippen molar-refractivity contribution in [3.63, 3.8) is 0 Å². The lowest BCUT2D eigenvalue weighted by Crippen LogP contribution is -2.11. The molecule has 3 aromatic heterocycles. The molecule has 0 saturated carbocycles. The summed E-state index contributed by atoms with van der Waals surface area (Å²) in [6, 6.07) is 15.6. The molecule has 6 nitrogen and oxygen atoms in total. The van der Waals surface area contributed by atoms with Gasteiger partial charge in [0.1, 0.15) is 16.3 Å². The summed E-state index contributed by atoms with van der Waals surface area (Å²) >= 11 is 1.30. The maximum Gasteiger partial charge on any atom is 0.257 e. The number of hydrogen-bond acceptors (Lipinski definition) is 6. The van der Waals surface area contributed by atoms with Crippen molar-refractivity contribution >= 4 is 22.4 Å². The van der Waals surface area contributed by atoms with E-state index in [4.69, 9.17) is 14.1 Å². The minimum absolute atomic E-state index is 0.305. The van der Waals surface area contributed by atoms with E-state index in [-0.39, 0.29) is 5.91 Å². The summed E-state index contributed by atoms with van der Waals surface area (Å²) in [7, 11) is 0. The first-order valence-corrected chi connectivity index (χ1v) is 8.46. The molecule has 4 rings (SSSR count). The van der Waals surface area contributed by atoms with Gasteiger partial charge in [0, 0.05) is 5.56 Å². The number of thiazole rings is 1. The van der Waals surface area contributed by atoms with Crippen LogP contribution in [0.15, 0.2) is 69.9 Å². The highest BCUT2D eigenvalue weighted by Gasteiger charge is 2.20. The van der Waals surface area contributed by atoms with E-state index in [1.807, 2.05) is 12.1 Å². The van der Waals surface area contributed by atoms with Crippen LogP contribution in [0.5, 0.6) is 0 Å². The van der Waals surface area contributed by atoms with Gasteiger partial charge in [0.05, 0.1) is 24.2 Å². The van der Waals surface area contributed by atoms with Gasteiger partial charge in [-0.1, -0.05) is 11.3 Å². The number of nitrogens with one attached hydrogen (secondary N) is 1. The van der Waals surface area contributed by atoms with Crippen LogP contribution in [-0.2, 0) is 0 Å². The molecular weight excluding hydrogens is 350 g/mol. The van der Waals surface area contributed by atoms with Crippen LogP contribution in [-0.4, -0.2) is 10.9 Å². The third-order valence-corrected chi connectivity index (χ3v) is 4.61. The van der Waals surface area contributed by atoms with Crippen LogP contribution in [0.1, 0.15) is 15.9 Å². The van der Waals surface area contributed by atoms with Gasteiger partial charge in [0.2, 0.25) is 0 Å². The molecular formula is C19H11N3O3S. The first-order chi connectivity index (χ1) is 12.7. The van der Waals surface area contributed by atoms with Gasteiger partial charge in [0.25, 0.3) is 5.91 Å². The van der Waals surface area contributed by atoms with E-state index in [0.29, 0.717) is 33.5 Å². The second-order valence-electron chi connectivity index (χ2n) is 5.29. The maximum absolute atomic E-state index is 12.4. The van der Waals surface area contributed by atoms with Gasteiger partial charge >= 0.3 is 0 Å². The summed E-state index contributed by atoms with van der Waals surface area (Å²) in [5.74, 6) is 0.930. The van der Waals surface area contributed by atoms with Crippen molar-refractivity contribution < 1.29 is 13.6 Å². The number of furan rings is 2. The Bertz CT molecular complexity index is 1020. The molecule has 26 heavy (non-hydrogen) atoms. The second-order valence-corrected chi connectivity index (χ2v) is 6.29. The molecule has 0 bridgehead atoms. The Hall–Kier alpha value is -3.63. The van der Waals surface area contributed by atoms with Crippen LogP contribution >= 0.6 is 11.3 Å². The third-order valence-electron chi connectivity index (χ3n) is 3.62. The van der Waals surface area contributed by atoms with E-state index in [2.05, 4.69) is 10.3 Å². The molecule has 1 aromatic carbocycles. The van der Waals surface area contributed by atoms with Crippen LogP contribution in [0.2, 0.25) is 0 Å². The number of amides is 1. The normalized spacial score (nSPS) is 10.4. The molecule has 0 aliphatic rings. The summed E-state index contributed by atoms with van der Waals surface area (Å²) in [6.07, 6.45) is 3.14. The van der Waals surface area contributed by atoms with Crippen LogP contribution in [0.4, 0.5) is 5.13 Å². The summed E-state index contributed by atoms with van der Waals surface area (Å²) in [5.41, 5.74) is 1.54. The van der Waals surface area contributed by atoms with Crippen molar-refractivity contribution in [3.8, 4) is 28.2 Å². The SMILES string of the molecule is N#Cc1ccc(C(=O)Nc2nc(-c3ccco3)c(-c3ccco3)s2)cc1. The summed E-state index contributed by atoms with van der Waals surface area (Å²) in [6.45, 7) is 0. The lowest BCUT2D eigenvalue weighted by Gasteiger charge is -2.01. The Morgan fingerprint density at radius 1 is 1.04 bits per heavy atom. The van der Waals surface area contributed by atoms with Crippen LogP contribution in [0.25, 0.3) is 22.1 Å². The predicted molar refractivity (Wildman–Crippen MR) is 96.6 cm³/mol. The highest BCUT2D eigenvalue weighted by atomic mass is 32.1. The smallest absolute Gasteiger partial charge is 0.257 e. The van der Waals surface area contributed by atoms with Gasteiger partial charge in [0.15, 0.2) is 10.9 Å². The van der Waals surface area contributed by atoms with Gasteiger partial charge < -0.3 is 8.83 Å². The third kappa shape index (κ3) is 3.01. The molecule has 3 heterocycles. The summed E-state index contributed by atoms with van der Waals surface area (Å²) in [4.78, 5) is 17.7. The number of carbonyl (C=O) groups excluding carboxylic acids is 1. The lowest BCUT2D eigenvalue weighted by atomic mass is 10.1. The average Bonchev–Trinajstić information content (AvgIpc) is 3.41. The van der Waals surface area contributed by atoms with E-state index in [9.17, 15) is 4.79 Å². The topological polar surface area (TPSA) is 92.1 Å². The number of benzene rings is 1. The van der Waals surface area contributed by atoms with Crippen molar-refractivity contribution in [2.75, 3.05) is 5.32 Å². The first-order valence-electron chi connectivity index (χ1n) is 7.64. The maximum atomic E-state index is 12.4. The molecule has 0 saturated heterocycles. The van der Waals surface area contributed by atoms with Crippen molar-refractivity contribution in [2.24, 2.45) is 0 Å². The number of nitriles is 1. The van der Waals surface area contributed by atoms with Crippen LogP contribution in [0, 0.1) is 11.3 Å². The number of nitrogens with zero attached hydrogens (tertiary/aromatic N) is 2. The molecule has 0 unspecified atom stereocenters. The zero-order valence-corrected chi connectivity index (χ0v) is 14.1. The van der Waals surface area contributed by atoms with Crippen molar-refractivity contribution in [1.29, 1.82) is 5.26 Å². The monoisotopic (exact) mass is 361 g/mol. The molecule has 0 aliphatic carbocycles. The highest BCUT2D eigenvalue weighted by Crippen LogP contribution is 2.39. The van der Waals surface area contributed by atoms with Crippen LogP contribution in [0.3, 0.4) is 0 Å². The molecule has 7 heteroatoms. The number of anilines is 1. The Morgan fingerprint density at radius 3 is 2.35 bits per heavy atom. The largest absolute Gasteiger partial charge is 0.463 e. The fourth-order valence-corrected chi connectivity index (χ4v) is 3.33.